The van der Waals surface area contributed by atoms with Crippen molar-refractivity contribution >= 4 is 39.5 Å². The van der Waals surface area contributed by atoms with Crippen LogP contribution in [0.25, 0.3) is 0 Å². The zero-order valence-electron chi connectivity index (χ0n) is 63.7. The van der Waals surface area contributed by atoms with Gasteiger partial charge in [0.1, 0.15) is 19.3 Å². The van der Waals surface area contributed by atoms with E-state index in [0.29, 0.717) is 25.7 Å². The third kappa shape index (κ3) is 73.5. The molecule has 584 valence electrons. The molecule has 17 nitrogen and oxygen atoms in total. The maximum absolute atomic E-state index is 13.1. The van der Waals surface area contributed by atoms with Gasteiger partial charge in [0.15, 0.2) is 12.2 Å². The lowest BCUT2D eigenvalue weighted by molar-refractivity contribution is -0.161. The normalized spacial score (nSPS) is 14.6. The maximum Gasteiger partial charge on any atom is 0.472 e. The fraction of sp³-hybridized carbons (Fsp3) is 0.687. The molecule has 0 saturated heterocycles. The Morgan fingerprint density at radius 1 is 0.284 bits per heavy atom. The van der Waals surface area contributed by atoms with Gasteiger partial charge in [-0.3, -0.25) is 37.3 Å². The first-order valence-corrected chi connectivity index (χ1v) is 42.4. The summed E-state index contributed by atoms with van der Waals surface area (Å²) in [5, 5.41) is 10.6. The summed E-state index contributed by atoms with van der Waals surface area (Å²) in [5.41, 5.74) is 0. The fourth-order valence-electron chi connectivity index (χ4n) is 10.2. The molecule has 0 saturated carbocycles. The highest BCUT2D eigenvalue weighted by Gasteiger charge is 2.30. The van der Waals surface area contributed by atoms with Gasteiger partial charge >= 0.3 is 39.5 Å². The summed E-state index contributed by atoms with van der Waals surface area (Å²) in [7, 11) is -9.97. The molecule has 0 aliphatic rings. The van der Waals surface area contributed by atoms with E-state index >= 15 is 0 Å². The SMILES string of the molecule is CC/C=C\C/C=C\C/C=C\C/C=C\CCCCCCCCC(=O)OCC(COP(=O)(O)OCC(O)COP(=O)(O)OCC(COC(=O)CCCCCCCCC/C=C\C/C=C\C/C=C\CC)OC(=O)CCCCCCC/C=C\C/C=C\C/C=C\CC)OC(=O)CCCCCCC/C=C\CCCC. The minimum absolute atomic E-state index is 0.0704. The predicted octanol–water partition coefficient (Wildman–Crippen LogP) is 22.9. The number of hydrogen-bond acceptors (Lipinski definition) is 15. The number of rotatable bonds is 73. The van der Waals surface area contributed by atoms with Crippen LogP contribution in [0, 0.1) is 0 Å². The third-order valence-electron chi connectivity index (χ3n) is 16.1. The molecule has 5 atom stereocenters. The van der Waals surface area contributed by atoms with Gasteiger partial charge < -0.3 is 33.8 Å². The van der Waals surface area contributed by atoms with Crippen molar-refractivity contribution in [3.8, 4) is 0 Å². The van der Waals surface area contributed by atoms with Crippen LogP contribution in [-0.4, -0.2) is 96.7 Å². The zero-order chi connectivity index (χ0) is 74.6. The summed E-state index contributed by atoms with van der Waals surface area (Å²) >= 11 is 0. The molecule has 5 unspecified atom stereocenters. The summed E-state index contributed by atoms with van der Waals surface area (Å²) in [6, 6.07) is 0. The highest BCUT2D eigenvalue weighted by Crippen LogP contribution is 2.45. The summed E-state index contributed by atoms with van der Waals surface area (Å²) < 4.78 is 68.5. The summed E-state index contributed by atoms with van der Waals surface area (Å²) in [4.78, 5) is 73.0. The predicted molar refractivity (Wildman–Crippen MR) is 418 cm³/mol. The van der Waals surface area contributed by atoms with Gasteiger partial charge in [0, 0.05) is 25.7 Å². The first kappa shape index (κ1) is 97.2. The fourth-order valence-corrected chi connectivity index (χ4v) is 11.7. The van der Waals surface area contributed by atoms with Crippen molar-refractivity contribution in [3.05, 3.63) is 134 Å². The van der Waals surface area contributed by atoms with E-state index in [0.717, 1.165) is 218 Å². The van der Waals surface area contributed by atoms with Crippen LogP contribution in [0.1, 0.15) is 310 Å². The van der Waals surface area contributed by atoms with Gasteiger partial charge in [0.05, 0.1) is 26.4 Å². The standard InChI is InChI=1S/C83H140O17P2/c1-5-9-13-17-21-25-29-32-35-37-38-40-43-45-49-52-56-60-64-68-80(85)93-73-78(99-82(87)69-65-61-57-53-47-28-24-20-16-12-8-4)75-97-101(89,90)95-71-77(84)72-96-102(91,92)98-76-79(100-83(88)70-66-62-58-54-50-46-41-34-31-27-23-19-15-11-7-3)74-94-81(86)67-63-59-55-51-48-44-42-39-36-33-30-26-22-18-14-10-6-2/h9-11,13-15,20-27,32-36,38,40-41,77-79,84H,5-8,12,16-19,28-31,37,39,42-76H2,1-4H3,(H,89,90)(H,91,92)/b13-9-,14-10-,15-11-,24-20-,25-21-,26-22-,27-23-,35-32-,36-33-,40-38-,41-34-. The monoisotopic (exact) mass is 1470 g/mol. The van der Waals surface area contributed by atoms with E-state index in [9.17, 15) is 43.2 Å². The molecule has 0 aromatic carbocycles. The highest BCUT2D eigenvalue weighted by atomic mass is 31.2. The lowest BCUT2D eigenvalue weighted by atomic mass is 10.1. The number of hydrogen-bond donors (Lipinski definition) is 3. The molecular weight excluding hydrogens is 1330 g/mol. The van der Waals surface area contributed by atoms with Gasteiger partial charge in [0.25, 0.3) is 0 Å². The molecular formula is C83H140O17P2. The van der Waals surface area contributed by atoms with Gasteiger partial charge in [-0.1, -0.05) is 271 Å². The number of allylic oxidation sites excluding steroid dienone is 22. The molecule has 0 rings (SSSR count). The van der Waals surface area contributed by atoms with Gasteiger partial charge in [-0.05, 0) is 148 Å². The van der Waals surface area contributed by atoms with Gasteiger partial charge in [0.2, 0.25) is 0 Å². The molecule has 0 aromatic heterocycles. The maximum atomic E-state index is 13.1. The minimum Gasteiger partial charge on any atom is -0.462 e. The van der Waals surface area contributed by atoms with E-state index in [-0.39, 0.29) is 25.7 Å². The van der Waals surface area contributed by atoms with E-state index in [2.05, 4.69) is 161 Å². The van der Waals surface area contributed by atoms with Crippen molar-refractivity contribution in [2.75, 3.05) is 39.6 Å². The van der Waals surface area contributed by atoms with Crippen LogP contribution in [-0.2, 0) is 65.4 Å². The zero-order valence-corrected chi connectivity index (χ0v) is 65.5. The number of esters is 4. The smallest absolute Gasteiger partial charge is 0.462 e. The Balaban J connectivity index is 5.34. The second kappa shape index (κ2) is 74.5. The molecule has 0 bridgehead atoms. The lowest BCUT2D eigenvalue weighted by Crippen LogP contribution is -2.30. The number of phosphoric acid groups is 2. The van der Waals surface area contributed by atoms with E-state index in [4.69, 9.17) is 37.0 Å². The quantitative estimate of drug-likeness (QED) is 0.0169. The van der Waals surface area contributed by atoms with Crippen LogP contribution in [0.15, 0.2) is 134 Å². The Labute approximate surface area is 618 Å². The van der Waals surface area contributed by atoms with Crippen molar-refractivity contribution in [1.29, 1.82) is 0 Å². The molecule has 0 aromatic rings. The molecule has 0 radical (unpaired) electrons. The Bertz CT molecular complexity index is 2460. The van der Waals surface area contributed by atoms with Crippen molar-refractivity contribution in [3.63, 3.8) is 0 Å². The third-order valence-corrected chi connectivity index (χ3v) is 18.0. The van der Waals surface area contributed by atoms with Gasteiger partial charge in [-0.2, -0.15) is 0 Å². The van der Waals surface area contributed by atoms with Crippen molar-refractivity contribution in [1.82, 2.24) is 0 Å². The Kier molecular flexibility index (Phi) is 71.0. The number of ether oxygens (including phenoxy) is 4. The van der Waals surface area contributed by atoms with Gasteiger partial charge in [-0.25, -0.2) is 9.13 Å². The molecule has 19 heteroatoms. The average Bonchev–Trinajstić information content (AvgIpc) is 0.926. The van der Waals surface area contributed by atoms with E-state index in [1.807, 2.05) is 0 Å². The van der Waals surface area contributed by atoms with Crippen molar-refractivity contribution < 1.29 is 80.2 Å². The number of carbonyl (C=O) groups excluding carboxylic acids is 4. The average molecular weight is 1470 g/mol. The van der Waals surface area contributed by atoms with Crippen molar-refractivity contribution in [2.24, 2.45) is 0 Å². The summed E-state index contributed by atoms with van der Waals surface area (Å²) in [6.45, 7) is 4.45. The Morgan fingerprint density at radius 3 is 0.794 bits per heavy atom. The molecule has 0 spiro atoms. The van der Waals surface area contributed by atoms with Crippen LogP contribution in [0.3, 0.4) is 0 Å². The van der Waals surface area contributed by atoms with E-state index in [1.165, 1.54) is 12.8 Å². The van der Waals surface area contributed by atoms with Crippen LogP contribution < -0.4 is 0 Å². The first-order chi connectivity index (χ1) is 49.7. The minimum atomic E-state index is -4.99. The molecule has 3 N–H and O–H groups in total. The molecule has 0 amide bonds. The van der Waals surface area contributed by atoms with E-state index < -0.39 is 97.5 Å². The molecule has 0 heterocycles. The van der Waals surface area contributed by atoms with Crippen LogP contribution >= 0.6 is 15.6 Å². The molecule has 0 aliphatic heterocycles. The summed E-state index contributed by atoms with van der Waals surface area (Å²) in [5.74, 6) is -2.23. The van der Waals surface area contributed by atoms with Crippen LogP contribution in [0.5, 0.6) is 0 Å². The Morgan fingerprint density at radius 2 is 0.510 bits per heavy atom. The number of phosphoric ester groups is 2. The van der Waals surface area contributed by atoms with Gasteiger partial charge in [-0.15, -0.1) is 0 Å². The number of unbranched alkanes of at least 4 members (excludes halogenated alkanes) is 25. The number of carbonyl (C=O) groups is 4. The topological polar surface area (TPSA) is 237 Å². The van der Waals surface area contributed by atoms with Crippen LogP contribution in [0.4, 0.5) is 0 Å². The molecule has 0 aliphatic carbocycles. The largest absolute Gasteiger partial charge is 0.472 e. The van der Waals surface area contributed by atoms with Crippen LogP contribution in [0.2, 0.25) is 0 Å². The second-order valence-electron chi connectivity index (χ2n) is 25.9. The van der Waals surface area contributed by atoms with Crippen molar-refractivity contribution in [2.45, 2.75) is 329 Å². The number of aliphatic hydroxyl groups excluding tert-OH is 1. The first-order valence-electron chi connectivity index (χ1n) is 39.4. The molecule has 102 heavy (non-hydrogen) atoms. The highest BCUT2D eigenvalue weighted by molar-refractivity contribution is 7.47. The molecule has 0 fully saturated rings. The summed E-state index contributed by atoms with van der Waals surface area (Å²) in [6.07, 6.45) is 82.9. The lowest BCUT2D eigenvalue weighted by Gasteiger charge is -2.21. The second-order valence-corrected chi connectivity index (χ2v) is 28.8. The van der Waals surface area contributed by atoms with E-state index in [1.54, 1.807) is 0 Å². The number of aliphatic hydroxyl groups is 1. The Hall–Kier alpha value is -4.80.